The third kappa shape index (κ3) is 4.66. The van der Waals surface area contributed by atoms with Crippen LogP contribution in [0, 0.1) is 5.92 Å². The lowest BCUT2D eigenvalue weighted by Gasteiger charge is -2.31. The number of sulfonamides is 1. The SMILES string of the molecule is O=C(Nc1ccccc1)C1CCN(S(=O)(=O)c2ccccc2OC(F)F)CC1. The Morgan fingerprint density at radius 3 is 2.29 bits per heavy atom. The minimum Gasteiger partial charge on any atom is -0.433 e. The number of anilines is 1. The lowest BCUT2D eigenvalue weighted by molar-refractivity contribution is -0.120. The summed E-state index contributed by atoms with van der Waals surface area (Å²) >= 11 is 0. The molecule has 1 fully saturated rings. The highest BCUT2D eigenvalue weighted by molar-refractivity contribution is 7.89. The maximum atomic E-state index is 12.9. The summed E-state index contributed by atoms with van der Waals surface area (Å²) in [6.07, 6.45) is 0.686. The Labute approximate surface area is 162 Å². The van der Waals surface area contributed by atoms with Crippen molar-refractivity contribution in [1.82, 2.24) is 4.31 Å². The smallest absolute Gasteiger partial charge is 0.387 e. The first-order valence-corrected chi connectivity index (χ1v) is 10.2. The molecule has 0 aliphatic carbocycles. The Kier molecular flexibility index (Phi) is 6.25. The number of benzene rings is 2. The molecule has 150 valence electrons. The first kappa shape index (κ1) is 20.2. The molecule has 1 aliphatic rings. The summed E-state index contributed by atoms with van der Waals surface area (Å²) in [6, 6.07) is 14.3. The molecule has 28 heavy (non-hydrogen) atoms. The van der Waals surface area contributed by atoms with E-state index < -0.39 is 16.6 Å². The molecule has 1 aliphatic heterocycles. The fraction of sp³-hybridized carbons (Fsp3) is 0.316. The molecule has 0 radical (unpaired) electrons. The predicted octanol–water partition coefficient (Wildman–Crippen LogP) is 3.33. The number of piperidine rings is 1. The first-order chi connectivity index (χ1) is 13.4. The fourth-order valence-electron chi connectivity index (χ4n) is 3.12. The van der Waals surface area contributed by atoms with Crippen LogP contribution in [0.4, 0.5) is 14.5 Å². The number of nitrogens with zero attached hydrogens (tertiary/aromatic N) is 1. The summed E-state index contributed by atoms with van der Waals surface area (Å²) in [4.78, 5) is 12.1. The molecule has 1 amide bonds. The minimum atomic E-state index is -4.00. The molecule has 0 unspecified atom stereocenters. The number of para-hydroxylation sites is 2. The van der Waals surface area contributed by atoms with Gasteiger partial charge in [-0.15, -0.1) is 0 Å². The molecule has 1 saturated heterocycles. The van der Waals surface area contributed by atoms with E-state index in [9.17, 15) is 22.0 Å². The van der Waals surface area contributed by atoms with E-state index in [-0.39, 0.29) is 35.6 Å². The van der Waals surface area contributed by atoms with E-state index in [1.807, 2.05) is 18.2 Å². The van der Waals surface area contributed by atoms with E-state index in [2.05, 4.69) is 10.1 Å². The number of amides is 1. The van der Waals surface area contributed by atoms with E-state index >= 15 is 0 Å². The summed E-state index contributed by atoms with van der Waals surface area (Å²) in [5.74, 6) is -0.870. The van der Waals surface area contributed by atoms with E-state index in [1.54, 1.807) is 12.1 Å². The van der Waals surface area contributed by atoms with Crippen molar-refractivity contribution >= 4 is 21.6 Å². The van der Waals surface area contributed by atoms with E-state index in [0.717, 1.165) is 0 Å². The quantitative estimate of drug-likeness (QED) is 0.793. The van der Waals surface area contributed by atoms with Crippen molar-refractivity contribution in [2.24, 2.45) is 5.92 Å². The van der Waals surface area contributed by atoms with Crippen molar-refractivity contribution in [3.05, 3.63) is 54.6 Å². The molecule has 2 aromatic carbocycles. The van der Waals surface area contributed by atoms with Crippen LogP contribution in [0.3, 0.4) is 0 Å². The standard InChI is InChI=1S/C19H20F2N2O4S/c20-19(21)27-16-8-4-5-9-17(16)28(25,26)23-12-10-14(11-13-23)18(24)22-15-6-2-1-3-7-15/h1-9,14,19H,10-13H2,(H,22,24). The Balaban J connectivity index is 1.66. The maximum Gasteiger partial charge on any atom is 0.387 e. The van der Waals surface area contributed by atoms with E-state index in [4.69, 9.17) is 0 Å². The van der Waals surface area contributed by atoms with Gasteiger partial charge in [0, 0.05) is 24.7 Å². The second-order valence-electron chi connectivity index (χ2n) is 6.36. The number of hydrogen-bond acceptors (Lipinski definition) is 4. The van der Waals surface area contributed by atoms with E-state index in [0.29, 0.717) is 18.5 Å². The lowest BCUT2D eigenvalue weighted by Crippen LogP contribution is -2.41. The number of carbonyl (C=O) groups excluding carboxylic acids is 1. The van der Waals surface area contributed by atoms with Crippen LogP contribution >= 0.6 is 0 Å². The molecule has 3 rings (SSSR count). The minimum absolute atomic E-state index is 0.123. The fourth-order valence-corrected chi connectivity index (χ4v) is 4.71. The molecule has 0 atom stereocenters. The molecular formula is C19H20F2N2O4S. The van der Waals surface area contributed by atoms with Crippen molar-refractivity contribution in [3.8, 4) is 5.75 Å². The number of carbonyl (C=O) groups is 1. The molecule has 1 N–H and O–H groups in total. The summed E-state index contributed by atoms with van der Waals surface area (Å²) in [6.45, 7) is -2.88. The summed E-state index contributed by atoms with van der Waals surface area (Å²) in [7, 11) is -4.00. The van der Waals surface area contributed by atoms with Gasteiger partial charge in [-0.1, -0.05) is 30.3 Å². The largest absolute Gasteiger partial charge is 0.433 e. The van der Waals surface area contributed by atoms with Gasteiger partial charge in [-0.25, -0.2) is 8.42 Å². The average molecular weight is 410 g/mol. The summed E-state index contributed by atoms with van der Waals surface area (Å²) in [5.41, 5.74) is 0.681. The zero-order valence-electron chi connectivity index (χ0n) is 14.9. The molecular weight excluding hydrogens is 390 g/mol. The third-order valence-electron chi connectivity index (χ3n) is 4.55. The Morgan fingerprint density at radius 1 is 1.04 bits per heavy atom. The molecule has 0 saturated carbocycles. The lowest BCUT2D eigenvalue weighted by atomic mass is 9.97. The van der Waals surface area contributed by atoms with Gasteiger partial charge in [-0.3, -0.25) is 4.79 Å². The van der Waals surface area contributed by atoms with Crippen LogP contribution in [-0.2, 0) is 14.8 Å². The van der Waals surface area contributed by atoms with Crippen LogP contribution < -0.4 is 10.1 Å². The van der Waals surface area contributed by atoms with Crippen LogP contribution in [0.5, 0.6) is 5.75 Å². The van der Waals surface area contributed by atoms with Crippen molar-refractivity contribution in [2.75, 3.05) is 18.4 Å². The van der Waals surface area contributed by atoms with Crippen molar-refractivity contribution in [2.45, 2.75) is 24.3 Å². The van der Waals surface area contributed by atoms with Crippen molar-refractivity contribution < 1.29 is 26.7 Å². The molecule has 1 heterocycles. The zero-order chi connectivity index (χ0) is 20.1. The van der Waals surface area contributed by atoms with Gasteiger partial charge in [-0.05, 0) is 37.1 Å². The second-order valence-corrected chi connectivity index (χ2v) is 8.27. The van der Waals surface area contributed by atoms with Crippen LogP contribution in [0.25, 0.3) is 0 Å². The number of alkyl halides is 2. The first-order valence-electron chi connectivity index (χ1n) is 8.78. The number of nitrogens with one attached hydrogen (secondary N) is 1. The highest BCUT2D eigenvalue weighted by Gasteiger charge is 2.34. The van der Waals surface area contributed by atoms with Crippen molar-refractivity contribution in [1.29, 1.82) is 0 Å². The Morgan fingerprint density at radius 2 is 1.64 bits per heavy atom. The maximum absolute atomic E-state index is 12.9. The van der Waals surface area contributed by atoms with Crippen LogP contribution in [0.1, 0.15) is 12.8 Å². The van der Waals surface area contributed by atoms with Gasteiger partial charge in [0.25, 0.3) is 0 Å². The van der Waals surface area contributed by atoms with Gasteiger partial charge in [-0.2, -0.15) is 13.1 Å². The molecule has 2 aromatic rings. The van der Waals surface area contributed by atoms with Gasteiger partial charge in [0.2, 0.25) is 15.9 Å². The third-order valence-corrected chi connectivity index (χ3v) is 6.49. The number of ether oxygens (including phenoxy) is 1. The molecule has 0 spiro atoms. The van der Waals surface area contributed by atoms with Crippen LogP contribution in [0.2, 0.25) is 0 Å². The van der Waals surface area contributed by atoms with Gasteiger partial charge < -0.3 is 10.1 Å². The van der Waals surface area contributed by atoms with Crippen LogP contribution in [-0.4, -0.2) is 38.3 Å². The van der Waals surface area contributed by atoms with Crippen LogP contribution in [0.15, 0.2) is 59.5 Å². The Bertz CT molecular complexity index is 915. The summed E-state index contributed by atoms with van der Waals surface area (Å²) < 4.78 is 56.4. The summed E-state index contributed by atoms with van der Waals surface area (Å²) in [5, 5.41) is 2.82. The predicted molar refractivity (Wildman–Crippen MR) is 99.6 cm³/mol. The Hall–Kier alpha value is -2.52. The normalized spacial score (nSPS) is 16.1. The monoisotopic (exact) mass is 410 g/mol. The number of halogens is 2. The van der Waals surface area contributed by atoms with Gasteiger partial charge >= 0.3 is 6.61 Å². The molecule has 9 heteroatoms. The van der Waals surface area contributed by atoms with Crippen molar-refractivity contribution in [3.63, 3.8) is 0 Å². The second kappa shape index (κ2) is 8.66. The van der Waals surface area contributed by atoms with Gasteiger partial charge in [0.15, 0.2) is 0 Å². The van der Waals surface area contributed by atoms with Gasteiger partial charge in [0.1, 0.15) is 10.6 Å². The number of rotatable bonds is 6. The van der Waals surface area contributed by atoms with E-state index in [1.165, 1.54) is 28.6 Å². The average Bonchev–Trinajstić information content (AvgIpc) is 2.68. The highest BCUT2D eigenvalue weighted by atomic mass is 32.2. The van der Waals surface area contributed by atoms with Gasteiger partial charge in [0.05, 0.1) is 0 Å². The molecule has 6 nitrogen and oxygen atoms in total. The molecule has 0 aromatic heterocycles. The molecule has 0 bridgehead atoms. The number of hydrogen-bond donors (Lipinski definition) is 1. The topological polar surface area (TPSA) is 75.7 Å². The highest BCUT2D eigenvalue weighted by Crippen LogP contribution is 2.30. The zero-order valence-corrected chi connectivity index (χ0v) is 15.7.